The molecule has 3 aromatic rings. The number of epoxide rings is 1. The van der Waals surface area contributed by atoms with Crippen molar-refractivity contribution in [2.75, 3.05) is 0 Å². The average molecular weight is 433 g/mol. The summed E-state index contributed by atoms with van der Waals surface area (Å²) in [6, 6.07) is 7.20. The van der Waals surface area contributed by atoms with Crippen molar-refractivity contribution in [2.24, 2.45) is 5.92 Å². The van der Waals surface area contributed by atoms with Gasteiger partial charge in [-0.1, -0.05) is 5.16 Å². The van der Waals surface area contributed by atoms with Crippen LogP contribution in [0.4, 0.5) is 0 Å². The highest BCUT2D eigenvalue weighted by Gasteiger charge is 2.73. The molecule has 164 valence electrons. The summed E-state index contributed by atoms with van der Waals surface area (Å²) >= 11 is 0. The topological polar surface area (TPSA) is 116 Å². The number of nitrogens with zero attached hydrogens (tertiary/aromatic N) is 4. The summed E-state index contributed by atoms with van der Waals surface area (Å²) in [6.45, 7) is 3.97. The second-order valence-electron chi connectivity index (χ2n) is 8.84. The summed E-state index contributed by atoms with van der Waals surface area (Å²) in [5, 5.41) is 15.3. The molecular formula is C23H23N5O4. The van der Waals surface area contributed by atoms with Gasteiger partial charge in [0.25, 0.3) is 5.91 Å². The van der Waals surface area contributed by atoms with Gasteiger partial charge in [-0.2, -0.15) is 0 Å². The minimum atomic E-state index is -0.231. The fourth-order valence-corrected chi connectivity index (χ4v) is 4.97. The Morgan fingerprint density at radius 2 is 2.16 bits per heavy atom. The second kappa shape index (κ2) is 7.09. The molecule has 4 heterocycles. The number of hydrogen-bond donors (Lipinski definition) is 1. The first kappa shape index (κ1) is 19.4. The van der Waals surface area contributed by atoms with Gasteiger partial charge in [-0.25, -0.2) is 0 Å². The predicted octanol–water partition coefficient (Wildman–Crippen LogP) is 2.77. The molecule has 2 saturated carbocycles. The van der Waals surface area contributed by atoms with E-state index in [2.05, 4.69) is 25.7 Å². The number of carbonyl (C=O) groups excluding carboxylic acids is 1. The van der Waals surface area contributed by atoms with Crippen LogP contribution < -0.4 is 10.1 Å². The van der Waals surface area contributed by atoms with Gasteiger partial charge in [0.15, 0.2) is 5.69 Å². The highest BCUT2D eigenvalue weighted by molar-refractivity contribution is 5.92. The Labute approximate surface area is 184 Å². The van der Waals surface area contributed by atoms with Crippen molar-refractivity contribution in [1.29, 1.82) is 0 Å². The largest absolute Gasteiger partial charge is 0.472 e. The molecule has 9 nitrogen and oxygen atoms in total. The average Bonchev–Trinajstić information content (AvgIpc) is 3.42. The van der Waals surface area contributed by atoms with Crippen LogP contribution >= 0.6 is 0 Å². The van der Waals surface area contributed by atoms with Crippen molar-refractivity contribution in [3.05, 3.63) is 53.2 Å². The second-order valence-corrected chi connectivity index (χ2v) is 8.84. The van der Waals surface area contributed by atoms with Gasteiger partial charge >= 0.3 is 0 Å². The zero-order valence-corrected chi connectivity index (χ0v) is 17.9. The van der Waals surface area contributed by atoms with Crippen molar-refractivity contribution in [1.82, 2.24) is 25.7 Å². The molecule has 1 spiro atoms. The lowest BCUT2D eigenvalue weighted by molar-refractivity contribution is 0.0771. The molecule has 0 aromatic carbocycles. The van der Waals surface area contributed by atoms with E-state index in [0.29, 0.717) is 23.3 Å². The third kappa shape index (κ3) is 3.07. The predicted molar refractivity (Wildman–Crippen MR) is 112 cm³/mol. The van der Waals surface area contributed by atoms with Crippen LogP contribution in [0.25, 0.3) is 11.3 Å². The van der Waals surface area contributed by atoms with Crippen molar-refractivity contribution >= 4 is 5.91 Å². The summed E-state index contributed by atoms with van der Waals surface area (Å²) < 4.78 is 17.0. The molecule has 9 heteroatoms. The molecular weight excluding hydrogens is 410 g/mol. The Hall–Kier alpha value is -3.33. The van der Waals surface area contributed by atoms with Crippen molar-refractivity contribution in [3.8, 4) is 17.1 Å². The summed E-state index contributed by atoms with van der Waals surface area (Å²) in [4.78, 5) is 16.9. The number of ether oxygens (including phenoxy) is 2. The van der Waals surface area contributed by atoms with Gasteiger partial charge in [-0.3, -0.25) is 9.78 Å². The lowest BCUT2D eigenvalue weighted by Crippen LogP contribution is -2.37. The first-order chi connectivity index (χ1) is 15.5. The van der Waals surface area contributed by atoms with Gasteiger partial charge in [-0.05, 0) is 57.2 Å². The monoisotopic (exact) mass is 433 g/mol. The Morgan fingerprint density at radius 1 is 1.25 bits per heavy atom. The van der Waals surface area contributed by atoms with Crippen LogP contribution in [0.1, 0.15) is 46.8 Å². The third-order valence-corrected chi connectivity index (χ3v) is 6.97. The van der Waals surface area contributed by atoms with Crippen LogP contribution in [0, 0.1) is 19.8 Å². The molecule has 4 atom stereocenters. The molecule has 1 amide bonds. The maximum absolute atomic E-state index is 12.6. The molecule has 1 N–H and O–H groups in total. The molecule has 0 radical (unpaired) electrons. The quantitative estimate of drug-likeness (QED) is 0.590. The molecule has 2 aliphatic carbocycles. The number of carbonyl (C=O) groups is 1. The van der Waals surface area contributed by atoms with Crippen LogP contribution in [0.15, 0.2) is 35.0 Å². The van der Waals surface area contributed by atoms with Crippen LogP contribution in [-0.2, 0) is 11.3 Å². The van der Waals surface area contributed by atoms with E-state index in [-0.39, 0.29) is 36.0 Å². The van der Waals surface area contributed by atoms with Gasteiger partial charge < -0.3 is 19.3 Å². The molecule has 0 bridgehead atoms. The maximum atomic E-state index is 12.6. The molecule has 4 unspecified atom stereocenters. The molecule has 3 fully saturated rings. The van der Waals surface area contributed by atoms with Crippen molar-refractivity contribution in [2.45, 2.75) is 57.5 Å². The summed E-state index contributed by atoms with van der Waals surface area (Å²) in [6.07, 6.45) is 5.23. The standard InChI is InChI=1S/C23H23N5O4/c1-12-3-4-14(10-24-12)20-16(13(2)32-28-20)11-30-19-6-5-17(26-27-19)22(29)25-18-9-15-7-8-23(15)21(18)31-23/h3-6,10,15,18,21H,7-9,11H2,1-2H3,(H,25,29). The van der Waals surface area contributed by atoms with E-state index < -0.39 is 0 Å². The highest BCUT2D eigenvalue weighted by Crippen LogP contribution is 2.64. The van der Waals surface area contributed by atoms with E-state index in [1.165, 1.54) is 6.42 Å². The first-order valence-corrected chi connectivity index (χ1v) is 10.9. The number of rotatable bonds is 6. The van der Waals surface area contributed by atoms with E-state index in [1.807, 2.05) is 26.0 Å². The zero-order chi connectivity index (χ0) is 21.9. The van der Waals surface area contributed by atoms with Crippen molar-refractivity contribution < 1.29 is 18.8 Å². The van der Waals surface area contributed by atoms with E-state index in [9.17, 15) is 4.79 Å². The summed E-state index contributed by atoms with van der Waals surface area (Å²) in [5.41, 5.74) is 3.62. The van der Waals surface area contributed by atoms with Crippen molar-refractivity contribution in [3.63, 3.8) is 0 Å². The molecule has 3 aliphatic rings. The van der Waals surface area contributed by atoms with Gasteiger partial charge in [0.1, 0.15) is 24.2 Å². The minimum absolute atomic E-state index is 0.0685. The lowest BCUT2D eigenvalue weighted by Gasteiger charge is -2.30. The molecule has 32 heavy (non-hydrogen) atoms. The molecule has 1 saturated heterocycles. The van der Waals surface area contributed by atoms with Crippen LogP contribution in [0.2, 0.25) is 0 Å². The van der Waals surface area contributed by atoms with E-state index in [0.717, 1.165) is 29.7 Å². The number of pyridine rings is 1. The minimum Gasteiger partial charge on any atom is -0.472 e. The molecule has 1 aliphatic heterocycles. The Kier molecular flexibility index (Phi) is 4.29. The molecule has 3 aromatic heterocycles. The van der Waals surface area contributed by atoms with E-state index >= 15 is 0 Å². The zero-order valence-electron chi connectivity index (χ0n) is 17.9. The first-order valence-electron chi connectivity index (χ1n) is 10.9. The number of aryl methyl sites for hydroxylation is 2. The fourth-order valence-electron chi connectivity index (χ4n) is 4.97. The van der Waals surface area contributed by atoms with Gasteiger partial charge in [0, 0.05) is 23.5 Å². The summed E-state index contributed by atoms with van der Waals surface area (Å²) in [7, 11) is 0. The smallest absolute Gasteiger partial charge is 0.272 e. The third-order valence-electron chi connectivity index (χ3n) is 6.97. The number of aromatic nitrogens is 4. The highest BCUT2D eigenvalue weighted by atomic mass is 16.6. The normalized spacial score (nSPS) is 27.2. The fraction of sp³-hybridized carbons (Fsp3) is 0.435. The van der Waals surface area contributed by atoms with Gasteiger partial charge in [-0.15, -0.1) is 10.2 Å². The SMILES string of the molecule is Cc1ccc(-c2noc(C)c2COc2ccc(C(=O)NC3CC4CCC45OC35)nn2)cn1. The summed E-state index contributed by atoms with van der Waals surface area (Å²) in [5.74, 6) is 1.35. The molecule has 6 rings (SSSR count). The number of amides is 1. The van der Waals surface area contributed by atoms with Gasteiger partial charge in [0.05, 0.1) is 17.2 Å². The number of nitrogens with one attached hydrogen (secondary N) is 1. The van der Waals surface area contributed by atoms with Crippen LogP contribution in [0.3, 0.4) is 0 Å². The maximum Gasteiger partial charge on any atom is 0.272 e. The Balaban J connectivity index is 1.10. The van der Waals surface area contributed by atoms with E-state index in [1.54, 1.807) is 18.3 Å². The van der Waals surface area contributed by atoms with Crippen LogP contribution in [0.5, 0.6) is 5.88 Å². The van der Waals surface area contributed by atoms with Crippen LogP contribution in [-0.4, -0.2) is 44.0 Å². The Bertz CT molecular complexity index is 1180. The number of hydrogen-bond acceptors (Lipinski definition) is 8. The van der Waals surface area contributed by atoms with E-state index in [4.69, 9.17) is 14.0 Å². The lowest BCUT2D eigenvalue weighted by atomic mass is 9.75. The Morgan fingerprint density at radius 3 is 2.78 bits per heavy atom. The van der Waals surface area contributed by atoms with Gasteiger partial charge in [0.2, 0.25) is 5.88 Å².